The molecule has 6 heteroatoms. The average molecular weight is 311 g/mol. The summed E-state index contributed by atoms with van der Waals surface area (Å²) < 4.78 is 26.9. The van der Waals surface area contributed by atoms with Gasteiger partial charge in [-0.25, -0.2) is 8.42 Å². The number of nitrogen functional groups attached to an aromatic ring is 1. The van der Waals surface area contributed by atoms with E-state index < -0.39 is 10.0 Å². The summed E-state index contributed by atoms with van der Waals surface area (Å²) in [6, 6.07) is 12.0. The maximum Gasteiger partial charge on any atom is 0.237 e. The second-order valence-corrected chi connectivity index (χ2v) is 6.60. The van der Waals surface area contributed by atoms with Crippen molar-refractivity contribution >= 4 is 33.0 Å². The van der Waals surface area contributed by atoms with Gasteiger partial charge in [0.15, 0.2) is 0 Å². The van der Waals surface area contributed by atoms with Crippen LogP contribution in [0.1, 0.15) is 11.1 Å². The largest absolute Gasteiger partial charge is 0.398 e. The third-order valence-electron chi connectivity index (χ3n) is 2.93. The first kappa shape index (κ1) is 14.7. The van der Waals surface area contributed by atoms with Crippen LogP contribution in [-0.2, 0) is 15.8 Å². The van der Waals surface area contributed by atoms with Crippen LogP contribution in [-0.4, -0.2) is 8.42 Å². The second-order valence-electron chi connectivity index (χ2n) is 4.47. The van der Waals surface area contributed by atoms with E-state index in [4.69, 9.17) is 17.3 Å². The van der Waals surface area contributed by atoms with Crippen LogP contribution in [0.2, 0.25) is 5.02 Å². The molecule has 0 spiro atoms. The number of rotatable bonds is 4. The molecule has 106 valence electrons. The van der Waals surface area contributed by atoms with Crippen LogP contribution >= 0.6 is 11.6 Å². The zero-order chi connectivity index (χ0) is 14.8. The van der Waals surface area contributed by atoms with Crippen molar-refractivity contribution in [3.8, 4) is 0 Å². The third kappa shape index (κ3) is 3.43. The van der Waals surface area contributed by atoms with Gasteiger partial charge in [0.05, 0.1) is 11.4 Å². The average Bonchev–Trinajstić information content (AvgIpc) is 2.37. The van der Waals surface area contributed by atoms with Gasteiger partial charge in [-0.2, -0.15) is 0 Å². The van der Waals surface area contributed by atoms with Crippen LogP contribution in [0.4, 0.5) is 11.4 Å². The maximum absolute atomic E-state index is 12.2. The zero-order valence-corrected chi connectivity index (χ0v) is 12.5. The minimum Gasteiger partial charge on any atom is -0.398 e. The van der Waals surface area contributed by atoms with E-state index in [0.717, 1.165) is 0 Å². The fourth-order valence-electron chi connectivity index (χ4n) is 1.79. The molecule has 0 saturated heterocycles. The van der Waals surface area contributed by atoms with E-state index in [1.54, 1.807) is 49.4 Å². The predicted octanol–water partition coefficient (Wildman–Crippen LogP) is 3.17. The monoisotopic (exact) mass is 310 g/mol. The lowest BCUT2D eigenvalue weighted by Gasteiger charge is -2.12. The summed E-state index contributed by atoms with van der Waals surface area (Å²) in [6.07, 6.45) is 0. The molecule has 0 amide bonds. The molecule has 0 aliphatic rings. The molecule has 2 rings (SSSR count). The van der Waals surface area contributed by atoms with Crippen LogP contribution in [0.5, 0.6) is 0 Å². The van der Waals surface area contributed by atoms with Crippen molar-refractivity contribution < 1.29 is 8.42 Å². The Morgan fingerprint density at radius 3 is 2.55 bits per heavy atom. The highest BCUT2D eigenvalue weighted by Crippen LogP contribution is 2.25. The molecule has 3 N–H and O–H groups in total. The summed E-state index contributed by atoms with van der Waals surface area (Å²) in [6.45, 7) is 1.76. The number of halogens is 1. The highest BCUT2D eigenvalue weighted by Gasteiger charge is 2.15. The SMILES string of the molecule is Cc1c(Cl)cccc1NS(=O)(=O)Cc1ccccc1N. The first-order valence-corrected chi connectivity index (χ1v) is 8.01. The lowest BCUT2D eigenvalue weighted by atomic mass is 10.2. The zero-order valence-electron chi connectivity index (χ0n) is 10.9. The van der Waals surface area contributed by atoms with Crippen molar-refractivity contribution in [3.05, 3.63) is 58.6 Å². The number of sulfonamides is 1. The van der Waals surface area contributed by atoms with Crippen molar-refractivity contribution in [2.45, 2.75) is 12.7 Å². The standard InChI is InChI=1S/C14H15ClN2O2S/c1-10-12(15)6-4-8-14(10)17-20(18,19)9-11-5-2-3-7-13(11)16/h2-8,17H,9,16H2,1H3. The van der Waals surface area contributed by atoms with Gasteiger partial charge in [0.25, 0.3) is 0 Å². The molecular formula is C14H15ClN2O2S. The van der Waals surface area contributed by atoms with Crippen molar-refractivity contribution in [2.24, 2.45) is 0 Å². The van der Waals surface area contributed by atoms with Crippen molar-refractivity contribution in [1.29, 1.82) is 0 Å². The van der Waals surface area contributed by atoms with Gasteiger partial charge in [0.2, 0.25) is 10.0 Å². The number of hydrogen-bond donors (Lipinski definition) is 2. The number of nitrogens with two attached hydrogens (primary N) is 1. The maximum atomic E-state index is 12.2. The Labute approximate surface area is 123 Å². The summed E-state index contributed by atoms with van der Waals surface area (Å²) in [5.74, 6) is -0.175. The van der Waals surface area contributed by atoms with Crippen LogP contribution in [0, 0.1) is 6.92 Å². The number of nitrogens with one attached hydrogen (secondary N) is 1. The number of benzene rings is 2. The van der Waals surface area contributed by atoms with Crippen LogP contribution < -0.4 is 10.5 Å². The van der Waals surface area contributed by atoms with Gasteiger partial charge in [-0.1, -0.05) is 35.9 Å². The van der Waals surface area contributed by atoms with Gasteiger partial charge in [-0.3, -0.25) is 4.72 Å². The molecule has 20 heavy (non-hydrogen) atoms. The molecule has 0 bridgehead atoms. The lowest BCUT2D eigenvalue weighted by molar-refractivity contribution is 0.600. The van der Waals surface area contributed by atoms with Gasteiger partial charge in [0.1, 0.15) is 0 Å². The molecule has 0 heterocycles. The summed E-state index contributed by atoms with van der Waals surface area (Å²) in [5.41, 5.74) is 7.96. The Morgan fingerprint density at radius 1 is 1.15 bits per heavy atom. The van der Waals surface area contributed by atoms with E-state index in [0.29, 0.717) is 27.5 Å². The van der Waals surface area contributed by atoms with Gasteiger partial charge in [0, 0.05) is 10.7 Å². The van der Waals surface area contributed by atoms with Gasteiger partial charge < -0.3 is 5.73 Å². The summed E-state index contributed by atoms with van der Waals surface area (Å²) in [5, 5.41) is 0.518. The Kier molecular flexibility index (Phi) is 4.20. The minimum atomic E-state index is -3.54. The number of para-hydroxylation sites is 1. The molecule has 0 atom stereocenters. The lowest BCUT2D eigenvalue weighted by Crippen LogP contribution is -2.16. The summed E-state index contributed by atoms with van der Waals surface area (Å²) in [4.78, 5) is 0. The fraction of sp³-hybridized carbons (Fsp3) is 0.143. The number of anilines is 2. The van der Waals surface area contributed by atoms with E-state index in [9.17, 15) is 8.42 Å². The molecule has 4 nitrogen and oxygen atoms in total. The molecule has 0 aromatic heterocycles. The predicted molar refractivity (Wildman–Crippen MR) is 83.3 cm³/mol. The normalized spacial score (nSPS) is 11.3. The third-order valence-corrected chi connectivity index (χ3v) is 4.57. The highest BCUT2D eigenvalue weighted by molar-refractivity contribution is 7.91. The molecule has 0 fully saturated rings. The molecular weight excluding hydrogens is 296 g/mol. The van der Waals surface area contributed by atoms with E-state index in [-0.39, 0.29) is 5.75 Å². The molecule has 0 aliphatic heterocycles. The van der Waals surface area contributed by atoms with E-state index in [2.05, 4.69) is 4.72 Å². The molecule has 2 aromatic rings. The molecule has 0 unspecified atom stereocenters. The van der Waals surface area contributed by atoms with E-state index in [1.165, 1.54) is 0 Å². The Bertz CT molecular complexity index is 730. The van der Waals surface area contributed by atoms with Crippen LogP contribution in [0.3, 0.4) is 0 Å². The minimum absolute atomic E-state index is 0.175. The highest BCUT2D eigenvalue weighted by atomic mass is 35.5. The van der Waals surface area contributed by atoms with Crippen LogP contribution in [0.25, 0.3) is 0 Å². The molecule has 2 aromatic carbocycles. The quantitative estimate of drug-likeness (QED) is 0.852. The molecule has 0 radical (unpaired) electrons. The summed E-state index contributed by atoms with van der Waals surface area (Å²) in [7, 11) is -3.54. The van der Waals surface area contributed by atoms with Gasteiger partial charge in [-0.15, -0.1) is 0 Å². The van der Waals surface area contributed by atoms with E-state index >= 15 is 0 Å². The summed E-state index contributed by atoms with van der Waals surface area (Å²) >= 11 is 5.97. The van der Waals surface area contributed by atoms with Gasteiger partial charge >= 0.3 is 0 Å². The number of hydrogen-bond acceptors (Lipinski definition) is 3. The topological polar surface area (TPSA) is 72.2 Å². The Morgan fingerprint density at radius 2 is 1.85 bits per heavy atom. The van der Waals surface area contributed by atoms with Crippen molar-refractivity contribution in [3.63, 3.8) is 0 Å². The van der Waals surface area contributed by atoms with Crippen LogP contribution in [0.15, 0.2) is 42.5 Å². The Hall–Kier alpha value is -1.72. The van der Waals surface area contributed by atoms with Gasteiger partial charge in [-0.05, 0) is 36.2 Å². The smallest absolute Gasteiger partial charge is 0.237 e. The first-order valence-electron chi connectivity index (χ1n) is 5.98. The molecule has 0 saturated carbocycles. The molecule has 0 aliphatic carbocycles. The van der Waals surface area contributed by atoms with Crippen molar-refractivity contribution in [1.82, 2.24) is 0 Å². The van der Waals surface area contributed by atoms with E-state index in [1.807, 2.05) is 0 Å². The first-order chi connectivity index (χ1) is 9.39. The Balaban J connectivity index is 2.24. The fourth-order valence-corrected chi connectivity index (χ4v) is 3.27. The second kappa shape index (κ2) is 5.73. The van der Waals surface area contributed by atoms with Crippen molar-refractivity contribution in [2.75, 3.05) is 10.5 Å².